The second kappa shape index (κ2) is 5.85. The Kier molecular flexibility index (Phi) is 4.09. The van der Waals surface area contributed by atoms with Crippen molar-refractivity contribution in [3.05, 3.63) is 35.0 Å². The van der Waals surface area contributed by atoms with Gasteiger partial charge in [0.25, 0.3) is 0 Å². The van der Waals surface area contributed by atoms with Gasteiger partial charge < -0.3 is 5.32 Å². The molecule has 1 aliphatic carbocycles. The molecule has 1 aliphatic rings. The Morgan fingerprint density at radius 2 is 2.19 bits per heavy atom. The second-order valence-corrected chi connectivity index (χ2v) is 7.85. The van der Waals surface area contributed by atoms with Crippen molar-refractivity contribution in [1.29, 1.82) is 0 Å². The third-order valence-electron chi connectivity index (χ3n) is 3.83. The molecule has 0 saturated heterocycles. The van der Waals surface area contributed by atoms with Crippen molar-refractivity contribution >= 4 is 11.3 Å². The molecule has 21 heavy (non-hydrogen) atoms. The molecule has 0 radical (unpaired) electrons. The summed E-state index contributed by atoms with van der Waals surface area (Å²) in [6.07, 6.45) is 5.52. The number of fused-ring (bicyclic) bond motifs is 1. The molecule has 0 bridgehead atoms. The van der Waals surface area contributed by atoms with Gasteiger partial charge in [0.1, 0.15) is 5.01 Å². The molecule has 112 valence electrons. The Labute approximate surface area is 130 Å². The van der Waals surface area contributed by atoms with Crippen molar-refractivity contribution < 1.29 is 0 Å². The van der Waals surface area contributed by atoms with Gasteiger partial charge in [-0.25, -0.2) is 4.98 Å². The summed E-state index contributed by atoms with van der Waals surface area (Å²) in [7, 11) is 0. The largest absolute Gasteiger partial charge is 0.311 e. The molecule has 2 heterocycles. The van der Waals surface area contributed by atoms with E-state index in [1.54, 1.807) is 0 Å². The predicted octanol–water partition coefficient (Wildman–Crippen LogP) is 4.01. The van der Waals surface area contributed by atoms with Gasteiger partial charge in [0, 0.05) is 29.1 Å². The van der Waals surface area contributed by atoms with Crippen LogP contribution in [-0.4, -0.2) is 22.1 Å². The van der Waals surface area contributed by atoms with E-state index < -0.39 is 0 Å². The molecule has 0 aromatic carbocycles. The molecular weight excluding hydrogens is 278 g/mol. The van der Waals surface area contributed by atoms with Crippen LogP contribution in [-0.2, 0) is 6.42 Å². The van der Waals surface area contributed by atoms with E-state index >= 15 is 0 Å². The van der Waals surface area contributed by atoms with Gasteiger partial charge in [0.2, 0.25) is 0 Å². The quantitative estimate of drug-likeness (QED) is 0.930. The third kappa shape index (κ3) is 3.50. The Morgan fingerprint density at radius 3 is 2.90 bits per heavy atom. The van der Waals surface area contributed by atoms with Crippen LogP contribution < -0.4 is 5.32 Å². The second-order valence-electron chi connectivity index (χ2n) is 6.76. The zero-order valence-electron chi connectivity index (χ0n) is 13.0. The fourth-order valence-electron chi connectivity index (χ4n) is 2.73. The summed E-state index contributed by atoms with van der Waals surface area (Å²) in [5, 5.41) is 4.70. The number of thiazole rings is 1. The van der Waals surface area contributed by atoms with E-state index in [1.807, 2.05) is 35.7 Å². The number of pyridine rings is 1. The Bertz CT molecular complexity index is 598. The number of nitrogens with one attached hydrogen (secondary N) is 1. The number of nitrogens with zero attached hydrogens (tertiary/aromatic N) is 2. The van der Waals surface area contributed by atoms with Gasteiger partial charge in [-0.3, -0.25) is 4.98 Å². The Morgan fingerprint density at radius 1 is 1.33 bits per heavy atom. The van der Waals surface area contributed by atoms with Gasteiger partial charge in [0.15, 0.2) is 0 Å². The molecule has 0 saturated carbocycles. The van der Waals surface area contributed by atoms with Crippen LogP contribution in [0.15, 0.2) is 24.4 Å². The molecule has 1 unspecified atom stereocenters. The van der Waals surface area contributed by atoms with Crippen molar-refractivity contribution in [1.82, 2.24) is 15.3 Å². The highest BCUT2D eigenvalue weighted by molar-refractivity contribution is 7.15. The smallest absolute Gasteiger partial charge is 0.142 e. The maximum atomic E-state index is 4.92. The van der Waals surface area contributed by atoms with Crippen molar-refractivity contribution in [2.45, 2.75) is 51.5 Å². The first kappa shape index (κ1) is 14.7. The number of hydrogen-bond acceptors (Lipinski definition) is 4. The lowest BCUT2D eigenvalue weighted by Crippen LogP contribution is -2.39. The molecule has 0 amide bonds. The van der Waals surface area contributed by atoms with Crippen molar-refractivity contribution in [3.8, 4) is 10.7 Å². The maximum Gasteiger partial charge on any atom is 0.142 e. The lowest BCUT2D eigenvalue weighted by atomic mass is 9.90. The van der Waals surface area contributed by atoms with Crippen molar-refractivity contribution in [2.24, 2.45) is 0 Å². The Balaban J connectivity index is 1.83. The minimum absolute atomic E-state index is 0.164. The van der Waals surface area contributed by atoms with E-state index in [0.717, 1.165) is 17.2 Å². The van der Waals surface area contributed by atoms with Crippen LogP contribution in [0.2, 0.25) is 0 Å². The van der Waals surface area contributed by atoms with Crippen LogP contribution in [0.25, 0.3) is 10.7 Å². The van der Waals surface area contributed by atoms with Crippen LogP contribution in [0.1, 0.15) is 50.1 Å². The first-order chi connectivity index (χ1) is 10.0. The molecule has 2 aromatic rings. The van der Waals surface area contributed by atoms with Gasteiger partial charge in [-0.15, -0.1) is 11.3 Å². The highest BCUT2D eigenvalue weighted by Gasteiger charge is 2.26. The van der Waals surface area contributed by atoms with Crippen LogP contribution in [0.4, 0.5) is 0 Å². The standard InChI is InChI=1S/C17H23N3S/c1-17(2,3)19-11-12-7-6-9-14-15(12)20-16(21-14)13-8-4-5-10-18-13/h4-5,8,10,12,19H,6-7,9,11H2,1-3H3. The zero-order chi connectivity index (χ0) is 14.9. The Hall–Kier alpha value is -1.26. The lowest BCUT2D eigenvalue weighted by molar-refractivity contribution is 0.388. The van der Waals surface area contributed by atoms with Gasteiger partial charge in [-0.2, -0.15) is 0 Å². The monoisotopic (exact) mass is 301 g/mol. The minimum Gasteiger partial charge on any atom is -0.311 e. The molecule has 0 aliphatic heterocycles. The highest BCUT2D eigenvalue weighted by Crippen LogP contribution is 2.37. The summed E-state index contributed by atoms with van der Waals surface area (Å²) < 4.78 is 0. The lowest BCUT2D eigenvalue weighted by Gasteiger charge is -2.27. The van der Waals surface area contributed by atoms with Crippen LogP contribution in [0.3, 0.4) is 0 Å². The molecule has 3 nitrogen and oxygen atoms in total. The number of aromatic nitrogens is 2. The fraction of sp³-hybridized carbons (Fsp3) is 0.529. The average Bonchev–Trinajstić information content (AvgIpc) is 2.89. The fourth-order valence-corrected chi connectivity index (χ4v) is 3.90. The number of rotatable bonds is 3. The summed E-state index contributed by atoms with van der Waals surface area (Å²) in [5.41, 5.74) is 2.47. The summed E-state index contributed by atoms with van der Waals surface area (Å²) in [6.45, 7) is 7.67. The maximum absolute atomic E-state index is 4.92. The third-order valence-corrected chi connectivity index (χ3v) is 4.99. The van der Waals surface area contributed by atoms with E-state index in [0.29, 0.717) is 5.92 Å². The number of hydrogen-bond donors (Lipinski definition) is 1. The molecule has 1 atom stereocenters. The van der Waals surface area contributed by atoms with E-state index in [-0.39, 0.29) is 5.54 Å². The van der Waals surface area contributed by atoms with Crippen LogP contribution in [0.5, 0.6) is 0 Å². The molecule has 3 rings (SSSR count). The molecule has 0 fully saturated rings. The van der Waals surface area contributed by atoms with Gasteiger partial charge in [-0.05, 0) is 52.2 Å². The first-order valence-corrected chi connectivity index (χ1v) is 8.50. The van der Waals surface area contributed by atoms with Crippen LogP contribution in [0, 0.1) is 0 Å². The molecule has 4 heteroatoms. The summed E-state index contributed by atoms with van der Waals surface area (Å²) in [4.78, 5) is 10.8. The zero-order valence-corrected chi connectivity index (χ0v) is 13.8. The summed E-state index contributed by atoms with van der Waals surface area (Å²) in [6, 6.07) is 6.03. The van der Waals surface area contributed by atoms with E-state index in [9.17, 15) is 0 Å². The van der Waals surface area contributed by atoms with Crippen molar-refractivity contribution in [2.75, 3.05) is 6.54 Å². The molecule has 1 N–H and O–H groups in total. The van der Waals surface area contributed by atoms with E-state index in [2.05, 4.69) is 31.1 Å². The van der Waals surface area contributed by atoms with Gasteiger partial charge in [0.05, 0.1) is 11.4 Å². The van der Waals surface area contributed by atoms with Gasteiger partial charge in [-0.1, -0.05) is 6.07 Å². The average molecular weight is 301 g/mol. The first-order valence-electron chi connectivity index (χ1n) is 7.69. The van der Waals surface area contributed by atoms with Crippen molar-refractivity contribution in [3.63, 3.8) is 0 Å². The topological polar surface area (TPSA) is 37.8 Å². The van der Waals surface area contributed by atoms with E-state index in [4.69, 9.17) is 4.98 Å². The van der Waals surface area contributed by atoms with Crippen LogP contribution >= 0.6 is 11.3 Å². The number of aryl methyl sites for hydroxylation is 1. The summed E-state index contributed by atoms with van der Waals surface area (Å²) in [5.74, 6) is 0.543. The molecular formula is C17H23N3S. The van der Waals surface area contributed by atoms with E-state index in [1.165, 1.54) is 29.8 Å². The highest BCUT2D eigenvalue weighted by atomic mass is 32.1. The molecule has 2 aromatic heterocycles. The van der Waals surface area contributed by atoms with Gasteiger partial charge >= 0.3 is 0 Å². The normalized spacial score (nSPS) is 18.5. The molecule has 0 spiro atoms. The minimum atomic E-state index is 0.164. The summed E-state index contributed by atoms with van der Waals surface area (Å²) >= 11 is 1.82. The SMILES string of the molecule is CC(C)(C)NCC1CCCc2sc(-c3ccccn3)nc21. The predicted molar refractivity (Wildman–Crippen MR) is 88.8 cm³/mol.